The Balaban J connectivity index is 1.80. The van der Waals surface area contributed by atoms with Gasteiger partial charge < -0.3 is 20.1 Å². The molecule has 2 aromatic carbocycles. The lowest BCUT2D eigenvalue weighted by molar-refractivity contribution is -0.146. The number of hydrogen-bond acceptors (Lipinski definition) is 6. The van der Waals surface area contributed by atoms with E-state index in [1.165, 1.54) is 30.3 Å². The molecular formula is C19H15F2N3O5. The van der Waals surface area contributed by atoms with E-state index in [9.17, 15) is 23.2 Å². The van der Waals surface area contributed by atoms with E-state index < -0.39 is 37.5 Å². The second-order valence-electron chi connectivity index (χ2n) is 5.46. The van der Waals surface area contributed by atoms with Gasteiger partial charge in [-0.15, -0.1) is 0 Å². The zero-order valence-corrected chi connectivity index (χ0v) is 14.9. The molecule has 0 aliphatic heterocycles. The first-order chi connectivity index (χ1) is 13.9. The number of rotatable bonds is 8. The smallest absolute Gasteiger partial charge is 0.387 e. The van der Waals surface area contributed by atoms with Crippen molar-refractivity contribution >= 4 is 23.5 Å². The van der Waals surface area contributed by atoms with Gasteiger partial charge in [0.05, 0.1) is 17.2 Å². The van der Waals surface area contributed by atoms with Crippen LogP contribution in [0, 0.1) is 11.3 Å². The summed E-state index contributed by atoms with van der Waals surface area (Å²) in [6.07, 6.45) is 0. The number of nitriles is 1. The molecule has 0 atom stereocenters. The first-order valence-electron chi connectivity index (χ1n) is 8.16. The van der Waals surface area contributed by atoms with Gasteiger partial charge in [-0.3, -0.25) is 14.4 Å². The summed E-state index contributed by atoms with van der Waals surface area (Å²) >= 11 is 0. The van der Waals surface area contributed by atoms with Gasteiger partial charge in [0.25, 0.3) is 11.8 Å². The topological polar surface area (TPSA) is 118 Å². The predicted molar refractivity (Wildman–Crippen MR) is 96.2 cm³/mol. The van der Waals surface area contributed by atoms with Crippen LogP contribution in [0.4, 0.5) is 14.5 Å². The molecule has 0 unspecified atom stereocenters. The van der Waals surface area contributed by atoms with Crippen LogP contribution in [-0.4, -0.2) is 37.5 Å². The number of hydrogen-bond donors (Lipinski definition) is 2. The number of halogens is 2. The summed E-state index contributed by atoms with van der Waals surface area (Å²) in [6.45, 7) is -4.31. The van der Waals surface area contributed by atoms with Gasteiger partial charge in [0.15, 0.2) is 6.61 Å². The van der Waals surface area contributed by atoms with Gasteiger partial charge in [-0.1, -0.05) is 18.2 Å². The molecule has 150 valence electrons. The second-order valence-corrected chi connectivity index (χ2v) is 5.46. The Morgan fingerprint density at radius 3 is 2.59 bits per heavy atom. The van der Waals surface area contributed by atoms with Crippen molar-refractivity contribution in [2.75, 3.05) is 18.5 Å². The molecule has 2 rings (SSSR count). The molecule has 0 aromatic heterocycles. The van der Waals surface area contributed by atoms with E-state index in [0.29, 0.717) is 11.3 Å². The number of anilines is 1. The lowest BCUT2D eigenvalue weighted by Crippen LogP contribution is -2.32. The summed E-state index contributed by atoms with van der Waals surface area (Å²) in [5.41, 5.74) is 0.517. The fraction of sp³-hybridized carbons (Fsp3) is 0.158. The van der Waals surface area contributed by atoms with Crippen molar-refractivity contribution < 1.29 is 32.6 Å². The first kappa shape index (κ1) is 21.3. The predicted octanol–water partition coefficient (Wildman–Crippen LogP) is 2.07. The number of nitrogens with one attached hydrogen (secondary N) is 2. The molecule has 8 nitrogen and oxygen atoms in total. The van der Waals surface area contributed by atoms with Crippen LogP contribution >= 0.6 is 0 Å². The molecule has 0 saturated heterocycles. The minimum Gasteiger partial charge on any atom is -0.454 e. The highest BCUT2D eigenvalue weighted by molar-refractivity contribution is 5.98. The molecule has 0 spiro atoms. The van der Waals surface area contributed by atoms with Crippen LogP contribution in [0.1, 0.15) is 15.9 Å². The van der Waals surface area contributed by atoms with Crippen molar-refractivity contribution in [2.45, 2.75) is 6.61 Å². The van der Waals surface area contributed by atoms with Crippen molar-refractivity contribution in [2.24, 2.45) is 0 Å². The molecule has 29 heavy (non-hydrogen) atoms. The third kappa shape index (κ3) is 6.91. The molecule has 0 fully saturated rings. The zero-order valence-electron chi connectivity index (χ0n) is 14.9. The summed E-state index contributed by atoms with van der Waals surface area (Å²) in [5.74, 6) is -2.72. The standard InChI is InChI=1S/C19H15F2N3O5/c20-19(21)29-15-7-2-1-6-14(15)18(27)23-10-17(26)28-11-16(25)24-13-5-3-4-12(8-13)9-22/h1-8,19H,10-11H2,(H,23,27)(H,24,25). The van der Waals surface area contributed by atoms with E-state index in [0.717, 1.165) is 0 Å². The molecule has 0 radical (unpaired) electrons. The van der Waals surface area contributed by atoms with Crippen molar-refractivity contribution in [3.63, 3.8) is 0 Å². The number of carbonyl (C=O) groups is 3. The lowest BCUT2D eigenvalue weighted by atomic mass is 10.2. The fourth-order valence-corrected chi connectivity index (χ4v) is 2.16. The Hall–Kier alpha value is -4.00. The van der Waals surface area contributed by atoms with E-state index in [1.54, 1.807) is 18.2 Å². The van der Waals surface area contributed by atoms with Crippen LogP contribution in [0.15, 0.2) is 48.5 Å². The SMILES string of the molecule is N#Cc1cccc(NC(=O)COC(=O)CNC(=O)c2ccccc2OC(F)F)c1. The molecule has 2 amide bonds. The van der Waals surface area contributed by atoms with Crippen LogP contribution in [0.25, 0.3) is 0 Å². The Bertz CT molecular complexity index is 943. The minimum absolute atomic E-state index is 0.185. The maximum absolute atomic E-state index is 12.4. The maximum Gasteiger partial charge on any atom is 0.387 e. The summed E-state index contributed by atoms with van der Waals surface area (Å²) < 4.78 is 33.7. The van der Waals surface area contributed by atoms with Gasteiger partial charge in [-0.2, -0.15) is 14.0 Å². The Morgan fingerprint density at radius 2 is 1.86 bits per heavy atom. The Morgan fingerprint density at radius 1 is 1.10 bits per heavy atom. The number of ether oxygens (including phenoxy) is 2. The highest BCUT2D eigenvalue weighted by Crippen LogP contribution is 2.19. The number of carbonyl (C=O) groups excluding carboxylic acids is 3. The number of nitrogens with zero attached hydrogens (tertiary/aromatic N) is 1. The molecule has 0 bridgehead atoms. The van der Waals surface area contributed by atoms with Crippen LogP contribution in [0.5, 0.6) is 5.75 Å². The lowest BCUT2D eigenvalue weighted by Gasteiger charge is -2.11. The van der Waals surface area contributed by atoms with Gasteiger partial charge in [0.1, 0.15) is 12.3 Å². The van der Waals surface area contributed by atoms with E-state index in [1.807, 2.05) is 6.07 Å². The van der Waals surface area contributed by atoms with Gasteiger partial charge >= 0.3 is 12.6 Å². The number of alkyl halides is 2. The van der Waals surface area contributed by atoms with Gasteiger partial charge in [0, 0.05) is 5.69 Å². The highest BCUT2D eigenvalue weighted by Gasteiger charge is 2.16. The fourth-order valence-electron chi connectivity index (χ4n) is 2.16. The second kappa shape index (κ2) is 10.4. The molecule has 10 heteroatoms. The Labute approximate surface area is 164 Å². The molecule has 0 saturated carbocycles. The summed E-state index contributed by atoms with van der Waals surface area (Å²) in [6, 6.07) is 13.3. The van der Waals surface area contributed by atoms with Crippen molar-refractivity contribution in [1.29, 1.82) is 5.26 Å². The largest absolute Gasteiger partial charge is 0.454 e. The highest BCUT2D eigenvalue weighted by atomic mass is 19.3. The van der Waals surface area contributed by atoms with Crippen LogP contribution in [-0.2, 0) is 14.3 Å². The van der Waals surface area contributed by atoms with E-state index in [-0.39, 0.29) is 11.3 Å². The summed E-state index contributed by atoms with van der Waals surface area (Å²) in [7, 11) is 0. The number of amides is 2. The van der Waals surface area contributed by atoms with E-state index in [4.69, 9.17) is 10.00 Å². The van der Waals surface area contributed by atoms with Crippen molar-refractivity contribution in [3.05, 3.63) is 59.7 Å². The van der Waals surface area contributed by atoms with E-state index >= 15 is 0 Å². The number of benzene rings is 2. The molecule has 2 N–H and O–H groups in total. The number of esters is 1. The van der Waals surface area contributed by atoms with E-state index in [2.05, 4.69) is 15.4 Å². The van der Waals surface area contributed by atoms with Crippen molar-refractivity contribution in [1.82, 2.24) is 5.32 Å². The maximum atomic E-state index is 12.4. The quantitative estimate of drug-likeness (QED) is 0.652. The van der Waals surface area contributed by atoms with Gasteiger partial charge in [-0.05, 0) is 30.3 Å². The average Bonchev–Trinajstić information content (AvgIpc) is 2.70. The zero-order chi connectivity index (χ0) is 21.2. The molecule has 2 aromatic rings. The summed E-state index contributed by atoms with van der Waals surface area (Å²) in [5, 5.41) is 13.4. The monoisotopic (exact) mass is 403 g/mol. The normalized spacial score (nSPS) is 10.0. The third-order valence-corrected chi connectivity index (χ3v) is 3.38. The van der Waals surface area contributed by atoms with Crippen LogP contribution in [0.2, 0.25) is 0 Å². The Kier molecular flexibility index (Phi) is 7.61. The van der Waals surface area contributed by atoms with Crippen LogP contribution in [0.3, 0.4) is 0 Å². The minimum atomic E-state index is -3.11. The molecular weight excluding hydrogens is 388 g/mol. The van der Waals surface area contributed by atoms with Crippen LogP contribution < -0.4 is 15.4 Å². The summed E-state index contributed by atoms with van der Waals surface area (Å²) in [4.78, 5) is 35.5. The first-order valence-corrected chi connectivity index (χ1v) is 8.16. The molecule has 0 heterocycles. The number of para-hydroxylation sites is 1. The third-order valence-electron chi connectivity index (χ3n) is 3.38. The average molecular weight is 403 g/mol. The molecule has 0 aliphatic rings. The molecule has 0 aliphatic carbocycles. The van der Waals surface area contributed by atoms with Crippen molar-refractivity contribution in [3.8, 4) is 11.8 Å². The van der Waals surface area contributed by atoms with Gasteiger partial charge in [-0.25, -0.2) is 0 Å². The van der Waals surface area contributed by atoms with Gasteiger partial charge in [0.2, 0.25) is 0 Å².